The molecule has 6 heteroatoms. The number of aryl methyl sites for hydroxylation is 1. The Labute approximate surface area is 131 Å². The van der Waals surface area contributed by atoms with E-state index in [0.29, 0.717) is 21.2 Å². The van der Waals surface area contributed by atoms with Gasteiger partial charge in [0.15, 0.2) is 0 Å². The summed E-state index contributed by atoms with van der Waals surface area (Å²) in [6.45, 7) is 1.98. The van der Waals surface area contributed by atoms with Gasteiger partial charge in [-0.2, -0.15) is 11.3 Å². The molecule has 2 aromatic rings. The first-order chi connectivity index (χ1) is 9.47. The molecule has 1 aromatic heterocycles. The normalized spacial score (nSPS) is 12.2. The summed E-state index contributed by atoms with van der Waals surface area (Å²) < 4.78 is 0. The van der Waals surface area contributed by atoms with Crippen molar-refractivity contribution in [1.29, 1.82) is 0 Å². The van der Waals surface area contributed by atoms with Crippen molar-refractivity contribution in [3.63, 3.8) is 0 Å². The van der Waals surface area contributed by atoms with Crippen LogP contribution in [0.4, 0.5) is 0 Å². The zero-order valence-electron chi connectivity index (χ0n) is 10.7. The number of benzene rings is 1. The van der Waals surface area contributed by atoms with Crippen molar-refractivity contribution in [1.82, 2.24) is 5.32 Å². The Bertz CT molecular complexity index is 607. The Balaban J connectivity index is 2.00. The van der Waals surface area contributed by atoms with Crippen LogP contribution in [-0.4, -0.2) is 17.6 Å². The molecular weight excluding hydrogens is 317 g/mol. The summed E-state index contributed by atoms with van der Waals surface area (Å²) in [5.74, 6) is -0.198. The molecule has 1 heterocycles. The van der Waals surface area contributed by atoms with Crippen molar-refractivity contribution >= 4 is 40.4 Å². The van der Waals surface area contributed by atoms with Crippen LogP contribution >= 0.6 is 34.5 Å². The summed E-state index contributed by atoms with van der Waals surface area (Å²) in [5.41, 5.74) is 2.13. The highest BCUT2D eigenvalue weighted by Crippen LogP contribution is 2.23. The van der Waals surface area contributed by atoms with E-state index in [1.807, 2.05) is 12.3 Å². The van der Waals surface area contributed by atoms with Crippen LogP contribution in [-0.2, 0) is 0 Å². The van der Waals surface area contributed by atoms with Gasteiger partial charge >= 0.3 is 0 Å². The third-order valence-corrected chi connectivity index (χ3v) is 4.12. The van der Waals surface area contributed by atoms with Gasteiger partial charge in [-0.05, 0) is 41.6 Å². The van der Waals surface area contributed by atoms with Crippen molar-refractivity contribution in [3.8, 4) is 0 Å². The number of carbonyl (C=O) groups excluding carboxylic acids is 1. The van der Waals surface area contributed by atoms with Crippen molar-refractivity contribution in [2.75, 3.05) is 6.54 Å². The smallest absolute Gasteiger partial charge is 0.252 e. The predicted molar refractivity (Wildman–Crippen MR) is 82.8 cm³/mol. The fraction of sp³-hybridized carbons (Fsp3) is 0.214. The van der Waals surface area contributed by atoms with Gasteiger partial charge in [0, 0.05) is 22.0 Å². The monoisotopic (exact) mass is 329 g/mol. The molecule has 20 heavy (non-hydrogen) atoms. The molecule has 2 N–H and O–H groups in total. The first-order valence-electron chi connectivity index (χ1n) is 5.92. The third-order valence-electron chi connectivity index (χ3n) is 2.83. The SMILES string of the molecule is Cc1cscc1C(=O)NCC(O)c1cc(Cl)cc(Cl)c1. The number of carbonyl (C=O) groups is 1. The molecule has 0 radical (unpaired) electrons. The quantitative estimate of drug-likeness (QED) is 0.895. The number of amides is 1. The number of aliphatic hydroxyl groups excluding tert-OH is 1. The summed E-state index contributed by atoms with van der Waals surface area (Å²) >= 11 is 13.2. The second kappa shape index (κ2) is 6.59. The molecule has 0 spiro atoms. The van der Waals surface area contributed by atoms with Crippen LogP contribution in [0.1, 0.15) is 27.6 Å². The van der Waals surface area contributed by atoms with Gasteiger partial charge in [0.1, 0.15) is 0 Å². The molecule has 106 valence electrons. The van der Waals surface area contributed by atoms with E-state index in [0.717, 1.165) is 5.56 Å². The summed E-state index contributed by atoms with van der Waals surface area (Å²) in [4.78, 5) is 11.9. The van der Waals surface area contributed by atoms with Gasteiger partial charge in [-0.1, -0.05) is 23.2 Å². The number of hydrogen-bond acceptors (Lipinski definition) is 3. The average molecular weight is 330 g/mol. The van der Waals surface area contributed by atoms with E-state index in [-0.39, 0.29) is 12.5 Å². The van der Waals surface area contributed by atoms with Crippen molar-refractivity contribution < 1.29 is 9.90 Å². The maximum Gasteiger partial charge on any atom is 0.252 e. The second-order valence-electron chi connectivity index (χ2n) is 4.40. The number of nitrogens with one attached hydrogen (secondary N) is 1. The topological polar surface area (TPSA) is 49.3 Å². The Morgan fingerprint density at radius 3 is 2.50 bits per heavy atom. The first-order valence-corrected chi connectivity index (χ1v) is 7.62. The Morgan fingerprint density at radius 2 is 1.95 bits per heavy atom. The molecule has 0 saturated carbocycles. The van der Waals surface area contributed by atoms with E-state index in [2.05, 4.69) is 5.32 Å². The molecular formula is C14H13Cl2NO2S. The van der Waals surface area contributed by atoms with Gasteiger partial charge in [-0.15, -0.1) is 0 Å². The van der Waals surface area contributed by atoms with E-state index >= 15 is 0 Å². The molecule has 1 atom stereocenters. The number of hydrogen-bond donors (Lipinski definition) is 2. The summed E-state index contributed by atoms with van der Waals surface area (Å²) in [5, 5.41) is 17.3. The predicted octanol–water partition coefficient (Wildman–Crippen LogP) is 3.83. The van der Waals surface area contributed by atoms with Crippen LogP contribution in [0.5, 0.6) is 0 Å². The molecule has 0 saturated heterocycles. The summed E-state index contributed by atoms with van der Waals surface area (Å²) in [6.07, 6.45) is -0.853. The molecule has 0 aliphatic carbocycles. The van der Waals surface area contributed by atoms with E-state index < -0.39 is 6.10 Å². The lowest BCUT2D eigenvalue weighted by molar-refractivity contribution is 0.0916. The van der Waals surface area contributed by atoms with Gasteiger partial charge in [0.05, 0.1) is 11.7 Å². The molecule has 0 aliphatic rings. The lowest BCUT2D eigenvalue weighted by Gasteiger charge is -2.13. The maximum atomic E-state index is 11.9. The second-order valence-corrected chi connectivity index (χ2v) is 6.01. The first kappa shape index (κ1) is 15.3. The van der Waals surface area contributed by atoms with Crippen molar-refractivity contribution in [2.24, 2.45) is 0 Å². The van der Waals surface area contributed by atoms with Gasteiger partial charge in [0.2, 0.25) is 0 Å². The minimum Gasteiger partial charge on any atom is -0.387 e. The van der Waals surface area contributed by atoms with E-state index in [1.54, 1.807) is 23.6 Å². The molecule has 0 fully saturated rings. The molecule has 1 aromatic carbocycles. The highest BCUT2D eigenvalue weighted by Gasteiger charge is 2.14. The van der Waals surface area contributed by atoms with Crippen molar-refractivity contribution in [2.45, 2.75) is 13.0 Å². The maximum absolute atomic E-state index is 11.9. The highest BCUT2D eigenvalue weighted by atomic mass is 35.5. The molecule has 0 bridgehead atoms. The van der Waals surface area contributed by atoms with Crippen LogP contribution in [0.15, 0.2) is 29.0 Å². The summed E-state index contributed by atoms with van der Waals surface area (Å²) in [6, 6.07) is 4.84. The Hall–Kier alpha value is -1.07. The molecule has 1 amide bonds. The third kappa shape index (κ3) is 3.73. The van der Waals surface area contributed by atoms with Crippen LogP contribution in [0.25, 0.3) is 0 Å². The Morgan fingerprint density at radius 1 is 1.30 bits per heavy atom. The largest absolute Gasteiger partial charge is 0.387 e. The molecule has 0 aliphatic heterocycles. The minimum absolute atomic E-state index is 0.102. The minimum atomic E-state index is -0.853. The number of aliphatic hydroxyl groups is 1. The van der Waals surface area contributed by atoms with Crippen LogP contribution in [0.3, 0.4) is 0 Å². The van der Waals surface area contributed by atoms with Gasteiger partial charge < -0.3 is 10.4 Å². The average Bonchev–Trinajstić information content (AvgIpc) is 2.80. The van der Waals surface area contributed by atoms with E-state index in [4.69, 9.17) is 23.2 Å². The van der Waals surface area contributed by atoms with Gasteiger partial charge in [0.25, 0.3) is 5.91 Å². The standard InChI is InChI=1S/C14H13Cl2NO2S/c1-8-6-20-7-12(8)14(19)17-5-13(18)9-2-10(15)4-11(16)3-9/h2-4,6-7,13,18H,5H2,1H3,(H,17,19). The lowest BCUT2D eigenvalue weighted by Crippen LogP contribution is -2.28. The molecule has 1 unspecified atom stereocenters. The van der Waals surface area contributed by atoms with Gasteiger partial charge in [-0.3, -0.25) is 4.79 Å². The van der Waals surface area contributed by atoms with Crippen LogP contribution < -0.4 is 5.32 Å². The lowest BCUT2D eigenvalue weighted by atomic mass is 10.1. The van der Waals surface area contributed by atoms with Crippen LogP contribution in [0, 0.1) is 6.92 Å². The summed E-state index contributed by atoms with van der Waals surface area (Å²) in [7, 11) is 0. The van der Waals surface area contributed by atoms with E-state index in [9.17, 15) is 9.90 Å². The molecule has 2 rings (SSSR count). The number of thiophene rings is 1. The van der Waals surface area contributed by atoms with Gasteiger partial charge in [-0.25, -0.2) is 0 Å². The zero-order valence-corrected chi connectivity index (χ0v) is 13.0. The molecule has 3 nitrogen and oxygen atoms in total. The Kier molecular flexibility index (Phi) is 5.05. The zero-order chi connectivity index (χ0) is 14.7. The fourth-order valence-electron chi connectivity index (χ4n) is 1.76. The number of rotatable bonds is 4. The number of halogens is 2. The van der Waals surface area contributed by atoms with Crippen molar-refractivity contribution in [3.05, 3.63) is 55.7 Å². The van der Waals surface area contributed by atoms with Crippen LogP contribution in [0.2, 0.25) is 10.0 Å². The highest BCUT2D eigenvalue weighted by molar-refractivity contribution is 7.08. The fourth-order valence-corrected chi connectivity index (χ4v) is 3.13. The van der Waals surface area contributed by atoms with E-state index in [1.165, 1.54) is 11.3 Å².